The predicted molar refractivity (Wildman–Crippen MR) is 83.9 cm³/mol. The molecule has 24 heavy (non-hydrogen) atoms. The summed E-state index contributed by atoms with van der Waals surface area (Å²) in [5.41, 5.74) is -0.687. The average Bonchev–Trinajstić information content (AvgIpc) is 3.06. The van der Waals surface area contributed by atoms with Crippen molar-refractivity contribution in [3.8, 4) is 5.69 Å². The second-order valence-corrected chi connectivity index (χ2v) is 6.20. The van der Waals surface area contributed by atoms with Gasteiger partial charge in [-0.25, -0.2) is 4.68 Å². The van der Waals surface area contributed by atoms with Gasteiger partial charge >= 0.3 is 5.92 Å². The topological polar surface area (TPSA) is 67.2 Å². The van der Waals surface area contributed by atoms with E-state index >= 15 is 0 Å². The van der Waals surface area contributed by atoms with E-state index in [1.165, 1.54) is 0 Å². The van der Waals surface area contributed by atoms with Gasteiger partial charge in [-0.2, -0.15) is 13.9 Å². The normalized spacial score (nSPS) is 17.8. The summed E-state index contributed by atoms with van der Waals surface area (Å²) in [6.45, 7) is 1.63. The number of benzene rings is 1. The highest BCUT2D eigenvalue weighted by molar-refractivity contribution is 5.85. The van der Waals surface area contributed by atoms with Crippen molar-refractivity contribution in [2.24, 2.45) is 0 Å². The Kier molecular flexibility index (Phi) is 4.13. The van der Waals surface area contributed by atoms with Gasteiger partial charge in [-0.05, 0) is 49.9 Å². The molecule has 0 spiro atoms. The molecule has 7 heteroatoms. The molecule has 1 saturated carbocycles. The van der Waals surface area contributed by atoms with Crippen LogP contribution in [-0.2, 0) is 4.79 Å². The molecule has 1 aromatic heterocycles. The van der Waals surface area contributed by atoms with E-state index in [1.54, 1.807) is 54.3 Å². The largest absolute Gasteiger partial charge is 0.383 e. The van der Waals surface area contributed by atoms with Crippen LogP contribution < -0.4 is 5.32 Å². The molecule has 0 radical (unpaired) electrons. The van der Waals surface area contributed by atoms with Gasteiger partial charge in [0.1, 0.15) is 5.60 Å². The first-order chi connectivity index (χ1) is 11.3. The summed E-state index contributed by atoms with van der Waals surface area (Å²) in [6.07, 6.45) is 3.84. The third-order valence-corrected chi connectivity index (χ3v) is 4.56. The van der Waals surface area contributed by atoms with Crippen LogP contribution in [0.3, 0.4) is 0 Å². The van der Waals surface area contributed by atoms with Crippen LogP contribution in [0.15, 0.2) is 42.7 Å². The molecule has 1 aliphatic carbocycles. The zero-order valence-electron chi connectivity index (χ0n) is 13.2. The molecule has 0 saturated heterocycles. The molecule has 1 aromatic carbocycles. The molecule has 1 atom stereocenters. The number of carbonyl (C=O) groups is 1. The Morgan fingerprint density at radius 1 is 1.38 bits per heavy atom. The van der Waals surface area contributed by atoms with Crippen LogP contribution >= 0.6 is 0 Å². The molecule has 3 rings (SSSR count). The minimum atomic E-state index is -3.78. The van der Waals surface area contributed by atoms with E-state index in [0.29, 0.717) is 12.0 Å². The molecular formula is C17H19F2N3O2. The van der Waals surface area contributed by atoms with E-state index < -0.39 is 23.5 Å². The molecule has 5 nitrogen and oxygen atoms in total. The Bertz CT molecular complexity index is 710. The van der Waals surface area contributed by atoms with Gasteiger partial charge in [-0.1, -0.05) is 12.1 Å². The molecule has 128 valence electrons. The number of nitrogens with one attached hydrogen (secondary N) is 1. The lowest BCUT2D eigenvalue weighted by molar-refractivity contribution is -0.216. The van der Waals surface area contributed by atoms with E-state index in [-0.39, 0.29) is 12.8 Å². The first-order valence-electron chi connectivity index (χ1n) is 7.85. The quantitative estimate of drug-likeness (QED) is 0.883. The van der Waals surface area contributed by atoms with Gasteiger partial charge in [-0.3, -0.25) is 4.79 Å². The number of nitrogens with zero attached hydrogens (tertiary/aromatic N) is 2. The van der Waals surface area contributed by atoms with Crippen molar-refractivity contribution < 1.29 is 18.7 Å². The Morgan fingerprint density at radius 3 is 2.54 bits per heavy atom. The number of hydrogen-bond donors (Lipinski definition) is 2. The van der Waals surface area contributed by atoms with Gasteiger partial charge in [0, 0.05) is 12.4 Å². The van der Waals surface area contributed by atoms with Crippen LogP contribution in [0.25, 0.3) is 5.69 Å². The average molecular weight is 335 g/mol. The highest BCUT2D eigenvalue weighted by Crippen LogP contribution is 2.44. The van der Waals surface area contributed by atoms with Gasteiger partial charge < -0.3 is 10.4 Å². The van der Waals surface area contributed by atoms with E-state index in [9.17, 15) is 18.7 Å². The van der Waals surface area contributed by atoms with Crippen molar-refractivity contribution in [2.45, 2.75) is 43.8 Å². The number of amides is 1. The maximum absolute atomic E-state index is 14.1. The van der Waals surface area contributed by atoms with Gasteiger partial charge in [0.2, 0.25) is 0 Å². The van der Waals surface area contributed by atoms with Gasteiger partial charge in [-0.15, -0.1) is 0 Å². The van der Waals surface area contributed by atoms with Crippen molar-refractivity contribution in [1.29, 1.82) is 0 Å². The van der Waals surface area contributed by atoms with Gasteiger partial charge in [0.25, 0.3) is 5.91 Å². The van der Waals surface area contributed by atoms with E-state index in [0.717, 1.165) is 5.69 Å². The number of alkyl halides is 2. The maximum atomic E-state index is 14.1. The zero-order valence-corrected chi connectivity index (χ0v) is 13.2. The van der Waals surface area contributed by atoms with Crippen LogP contribution in [-0.4, -0.2) is 32.3 Å². The van der Waals surface area contributed by atoms with Crippen molar-refractivity contribution in [2.75, 3.05) is 0 Å². The van der Waals surface area contributed by atoms with E-state index in [1.807, 2.05) is 0 Å². The van der Waals surface area contributed by atoms with Crippen molar-refractivity contribution >= 4 is 5.91 Å². The standard InChI is InChI=1S/C17H19F2N3O2/c1-12(21-15(23)17(18,19)16(24)8-2-9-16)13-4-6-14(7-5-13)22-11-3-10-20-22/h3-7,10-12,24H,2,8-9H2,1H3,(H,21,23). The third kappa shape index (κ3) is 2.80. The molecule has 1 amide bonds. The summed E-state index contributed by atoms with van der Waals surface area (Å²) >= 11 is 0. The summed E-state index contributed by atoms with van der Waals surface area (Å²) in [5.74, 6) is -5.22. The van der Waals surface area contributed by atoms with Crippen molar-refractivity contribution in [3.63, 3.8) is 0 Å². The number of aromatic nitrogens is 2. The first kappa shape index (κ1) is 16.6. The number of halogens is 2. The van der Waals surface area contributed by atoms with Gasteiger partial charge in [0.15, 0.2) is 0 Å². The fourth-order valence-corrected chi connectivity index (χ4v) is 2.74. The summed E-state index contributed by atoms with van der Waals surface area (Å²) in [7, 11) is 0. The highest BCUT2D eigenvalue weighted by atomic mass is 19.3. The molecule has 1 heterocycles. The lowest BCUT2D eigenvalue weighted by Crippen LogP contribution is -2.60. The van der Waals surface area contributed by atoms with Crippen LogP contribution in [0.1, 0.15) is 37.8 Å². The van der Waals surface area contributed by atoms with Crippen molar-refractivity contribution in [1.82, 2.24) is 15.1 Å². The van der Waals surface area contributed by atoms with Crippen molar-refractivity contribution in [3.05, 3.63) is 48.3 Å². The number of hydrogen-bond acceptors (Lipinski definition) is 3. The lowest BCUT2D eigenvalue weighted by Gasteiger charge is -2.41. The van der Waals surface area contributed by atoms with E-state index in [2.05, 4.69) is 10.4 Å². The monoisotopic (exact) mass is 335 g/mol. The van der Waals surface area contributed by atoms with Crippen LogP contribution in [0.2, 0.25) is 0 Å². The molecule has 0 aliphatic heterocycles. The van der Waals surface area contributed by atoms with Crippen LogP contribution in [0.4, 0.5) is 8.78 Å². The Labute approximate surface area is 138 Å². The number of rotatable bonds is 5. The summed E-state index contributed by atoms with van der Waals surface area (Å²) in [5, 5.41) is 16.2. The van der Waals surface area contributed by atoms with Gasteiger partial charge in [0.05, 0.1) is 11.7 Å². The number of aliphatic hydroxyl groups is 1. The minimum absolute atomic E-state index is 0.0552. The Balaban J connectivity index is 1.68. The zero-order chi connectivity index (χ0) is 17.4. The third-order valence-electron chi connectivity index (χ3n) is 4.56. The second-order valence-electron chi connectivity index (χ2n) is 6.20. The fraction of sp³-hybridized carbons (Fsp3) is 0.412. The van der Waals surface area contributed by atoms with Crippen LogP contribution in [0, 0.1) is 0 Å². The molecular weight excluding hydrogens is 316 g/mol. The number of carbonyl (C=O) groups excluding carboxylic acids is 1. The highest BCUT2D eigenvalue weighted by Gasteiger charge is 2.61. The lowest BCUT2D eigenvalue weighted by atomic mass is 9.75. The summed E-state index contributed by atoms with van der Waals surface area (Å²) < 4.78 is 29.9. The predicted octanol–water partition coefficient (Wildman–Crippen LogP) is 2.60. The molecule has 2 aromatic rings. The smallest absolute Gasteiger partial charge is 0.352 e. The molecule has 1 fully saturated rings. The minimum Gasteiger partial charge on any atom is -0.383 e. The Hall–Kier alpha value is -2.28. The molecule has 1 unspecified atom stereocenters. The summed E-state index contributed by atoms with van der Waals surface area (Å²) in [6, 6.07) is 8.28. The summed E-state index contributed by atoms with van der Waals surface area (Å²) in [4.78, 5) is 11.9. The van der Waals surface area contributed by atoms with E-state index in [4.69, 9.17) is 0 Å². The fourth-order valence-electron chi connectivity index (χ4n) is 2.74. The Morgan fingerprint density at radius 2 is 2.04 bits per heavy atom. The molecule has 1 aliphatic rings. The van der Waals surface area contributed by atoms with Crippen LogP contribution in [0.5, 0.6) is 0 Å². The molecule has 0 bridgehead atoms. The first-order valence-corrected chi connectivity index (χ1v) is 7.85. The molecule has 2 N–H and O–H groups in total. The second kappa shape index (κ2) is 5.98. The maximum Gasteiger partial charge on any atom is 0.352 e. The SMILES string of the molecule is CC(NC(=O)C(F)(F)C1(O)CCC1)c1ccc(-n2cccn2)cc1.